The first-order valence-corrected chi connectivity index (χ1v) is 11.3. The third-order valence-electron chi connectivity index (χ3n) is 5.07. The van der Waals surface area contributed by atoms with Crippen molar-refractivity contribution in [3.8, 4) is 5.75 Å². The zero-order valence-electron chi connectivity index (χ0n) is 21.1. The van der Waals surface area contributed by atoms with Gasteiger partial charge >= 0.3 is 6.09 Å². The molecule has 7 heteroatoms. The van der Waals surface area contributed by atoms with E-state index in [1.54, 1.807) is 38.6 Å². The molecule has 0 saturated heterocycles. The van der Waals surface area contributed by atoms with Crippen LogP contribution in [0.1, 0.15) is 53.7 Å². The van der Waals surface area contributed by atoms with Crippen molar-refractivity contribution in [3.63, 3.8) is 0 Å². The Kier molecular flexibility index (Phi) is 8.47. The van der Waals surface area contributed by atoms with Crippen molar-refractivity contribution < 1.29 is 14.3 Å². The van der Waals surface area contributed by atoms with E-state index in [1.165, 1.54) is 0 Å². The summed E-state index contributed by atoms with van der Waals surface area (Å²) in [6.07, 6.45) is 2.20. The fourth-order valence-electron chi connectivity index (χ4n) is 3.92. The molecule has 33 heavy (non-hydrogen) atoms. The monoisotopic (exact) mass is 455 g/mol. The fourth-order valence-corrected chi connectivity index (χ4v) is 3.92. The topological polar surface area (TPSA) is 96.4 Å². The zero-order valence-corrected chi connectivity index (χ0v) is 21.1. The number of carbonyl (C=O) groups excluding carboxylic acids is 1. The number of benzene rings is 1. The molecule has 7 nitrogen and oxygen atoms in total. The first-order valence-electron chi connectivity index (χ1n) is 11.3. The Balaban J connectivity index is 0.000000414. The zero-order chi connectivity index (χ0) is 24.9. The second-order valence-corrected chi connectivity index (χ2v) is 9.94. The SMILES string of the molecule is CC(C)(C)OC(N)=O.Cc1nccc2c3ccc(OCC(C)CC(C)C)cc3c(=O)n(C)c12. The van der Waals surface area contributed by atoms with Gasteiger partial charge in [-0.2, -0.15) is 0 Å². The summed E-state index contributed by atoms with van der Waals surface area (Å²) in [5.41, 5.74) is 6.00. The summed E-state index contributed by atoms with van der Waals surface area (Å²) >= 11 is 0. The van der Waals surface area contributed by atoms with Crippen LogP contribution < -0.4 is 16.0 Å². The molecular weight excluding hydrogens is 418 g/mol. The summed E-state index contributed by atoms with van der Waals surface area (Å²) in [7, 11) is 1.80. The van der Waals surface area contributed by atoms with E-state index in [-0.39, 0.29) is 5.56 Å². The van der Waals surface area contributed by atoms with E-state index in [4.69, 9.17) is 10.5 Å². The van der Waals surface area contributed by atoms with Crippen molar-refractivity contribution in [2.45, 2.75) is 60.5 Å². The number of aryl methyl sites for hydroxylation is 2. The van der Waals surface area contributed by atoms with E-state index >= 15 is 0 Å². The summed E-state index contributed by atoms with van der Waals surface area (Å²) in [6, 6.07) is 7.78. The highest BCUT2D eigenvalue weighted by molar-refractivity contribution is 6.06. The number of primary amides is 1. The van der Waals surface area contributed by atoms with Gasteiger partial charge in [-0.05, 0) is 75.6 Å². The van der Waals surface area contributed by atoms with Crippen molar-refractivity contribution in [3.05, 3.63) is 46.5 Å². The van der Waals surface area contributed by atoms with Crippen LogP contribution in [0.3, 0.4) is 0 Å². The number of nitrogens with two attached hydrogens (primary N) is 1. The van der Waals surface area contributed by atoms with E-state index in [0.717, 1.165) is 34.2 Å². The number of aromatic nitrogens is 2. The molecule has 1 unspecified atom stereocenters. The highest BCUT2D eigenvalue weighted by Crippen LogP contribution is 2.27. The van der Waals surface area contributed by atoms with Gasteiger partial charge < -0.3 is 19.8 Å². The molecule has 2 aromatic heterocycles. The average Bonchev–Trinajstić information content (AvgIpc) is 2.68. The molecule has 3 aromatic rings. The Morgan fingerprint density at radius 2 is 1.79 bits per heavy atom. The average molecular weight is 456 g/mol. The van der Waals surface area contributed by atoms with Crippen molar-refractivity contribution >= 4 is 27.8 Å². The maximum atomic E-state index is 12.8. The minimum Gasteiger partial charge on any atom is -0.493 e. The molecule has 2 N–H and O–H groups in total. The summed E-state index contributed by atoms with van der Waals surface area (Å²) in [6.45, 7) is 14.5. The van der Waals surface area contributed by atoms with E-state index < -0.39 is 11.7 Å². The Morgan fingerprint density at radius 3 is 2.33 bits per heavy atom. The Morgan fingerprint density at radius 1 is 1.12 bits per heavy atom. The number of fused-ring (bicyclic) bond motifs is 3. The largest absolute Gasteiger partial charge is 0.493 e. The molecule has 0 bridgehead atoms. The van der Waals surface area contributed by atoms with Gasteiger partial charge in [0.15, 0.2) is 0 Å². The Labute approximate surface area is 195 Å². The molecule has 0 aliphatic heterocycles. The van der Waals surface area contributed by atoms with Crippen molar-refractivity contribution in [2.24, 2.45) is 24.6 Å². The van der Waals surface area contributed by atoms with Gasteiger partial charge in [0.05, 0.1) is 23.2 Å². The summed E-state index contributed by atoms with van der Waals surface area (Å²) in [4.78, 5) is 27.1. The quantitative estimate of drug-likeness (QED) is 0.524. The molecule has 180 valence electrons. The van der Waals surface area contributed by atoms with Crippen molar-refractivity contribution in [2.75, 3.05) is 6.61 Å². The van der Waals surface area contributed by atoms with E-state index in [0.29, 0.717) is 23.8 Å². The van der Waals surface area contributed by atoms with Crippen LogP contribution in [0.15, 0.2) is 35.3 Å². The predicted molar refractivity (Wildman–Crippen MR) is 134 cm³/mol. The predicted octanol–water partition coefficient (Wildman–Crippen LogP) is 5.34. The maximum Gasteiger partial charge on any atom is 0.405 e. The molecule has 0 radical (unpaired) electrons. The molecule has 0 aliphatic carbocycles. The van der Waals surface area contributed by atoms with E-state index in [2.05, 4.69) is 30.5 Å². The standard InChI is InChI=1S/C21H26N2O2.C5H11NO2/c1-13(2)10-14(3)12-25-16-6-7-17-18-8-9-22-15(4)20(18)23(5)21(24)19(17)11-16;1-5(2,3)8-4(6)7/h6-9,11,13-14H,10,12H2,1-5H3;1-3H3,(H2,6,7). The summed E-state index contributed by atoms with van der Waals surface area (Å²) < 4.78 is 12.2. The minimum atomic E-state index is -0.725. The number of pyridine rings is 2. The Bertz CT molecular complexity index is 1180. The number of nitrogens with zero attached hydrogens (tertiary/aromatic N) is 2. The van der Waals surface area contributed by atoms with E-state index in [1.807, 2.05) is 31.2 Å². The lowest BCUT2D eigenvalue weighted by molar-refractivity contribution is 0.0600. The normalized spacial score (nSPS) is 12.4. The fraction of sp³-hybridized carbons (Fsp3) is 0.500. The molecule has 2 heterocycles. The lowest BCUT2D eigenvalue weighted by Crippen LogP contribution is -2.27. The van der Waals surface area contributed by atoms with E-state index in [9.17, 15) is 9.59 Å². The number of carbonyl (C=O) groups is 1. The number of amides is 1. The van der Waals surface area contributed by atoms with Gasteiger partial charge in [0, 0.05) is 18.6 Å². The minimum absolute atomic E-state index is 0.0146. The van der Waals surface area contributed by atoms with Gasteiger partial charge in [-0.25, -0.2) is 4.79 Å². The summed E-state index contributed by atoms with van der Waals surface area (Å²) in [5.74, 6) is 1.90. The van der Waals surface area contributed by atoms with Crippen LogP contribution in [0.25, 0.3) is 21.7 Å². The lowest BCUT2D eigenvalue weighted by Gasteiger charge is -2.16. The molecule has 3 rings (SSSR count). The van der Waals surface area contributed by atoms with Crippen LogP contribution in [0.5, 0.6) is 5.75 Å². The second-order valence-electron chi connectivity index (χ2n) is 9.94. The van der Waals surface area contributed by atoms with Crippen LogP contribution in [0.4, 0.5) is 4.79 Å². The third-order valence-corrected chi connectivity index (χ3v) is 5.07. The molecule has 1 atom stereocenters. The van der Waals surface area contributed by atoms with Gasteiger partial charge in [-0.3, -0.25) is 9.78 Å². The van der Waals surface area contributed by atoms with Gasteiger partial charge in [0.2, 0.25) is 0 Å². The Hall–Kier alpha value is -3.09. The first kappa shape index (κ1) is 26.2. The van der Waals surface area contributed by atoms with Gasteiger partial charge in [-0.15, -0.1) is 0 Å². The maximum absolute atomic E-state index is 12.8. The highest BCUT2D eigenvalue weighted by Gasteiger charge is 2.13. The molecule has 1 aromatic carbocycles. The lowest BCUT2D eigenvalue weighted by atomic mass is 10.00. The second kappa shape index (κ2) is 10.7. The van der Waals surface area contributed by atoms with Crippen LogP contribution in [-0.2, 0) is 11.8 Å². The number of rotatable bonds is 5. The first-order chi connectivity index (χ1) is 15.3. The molecule has 0 spiro atoms. The smallest absolute Gasteiger partial charge is 0.405 e. The highest BCUT2D eigenvalue weighted by atomic mass is 16.6. The number of hydrogen-bond donors (Lipinski definition) is 1. The van der Waals surface area contributed by atoms with Crippen LogP contribution in [0, 0.1) is 18.8 Å². The molecule has 0 saturated carbocycles. The van der Waals surface area contributed by atoms with Gasteiger partial charge in [0.25, 0.3) is 5.56 Å². The summed E-state index contributed by atoms with van der Waals surface area (Å²) in [5, 5.41) is 2.69. The molecular formula is C26H37N3O4. The number of ether oxygens (including phenoxy) is 2. The van der Waals surface area contributed by atoms with Crippen LogP contribution in [-0.4, -0.2) is 27.9 Å². The molecule has 0 aliphatic rings. The van der Waals surface area contributed by atoms with Crippen LogP contribution in [0.2, 0.25) is 0 Å². The van der Waals surface area contributed by atoms with Gasteiger partial charge in [-0.1, -0.05) is 20.8 Å². The number of hydrogen-bond acceptors (Lipinski definition) is 5. The molecule has 1 amide bonds. The van der Waals surface area contributed by atoms with Crippen molar-refractivity contribution in [1.82, 2.24) is 9.55 Å². The molecule has 0 fully saturated rings. The third kappa shape index (κ3) is 7.20. The van der Waals surface area contributed by atoms with Crippen molar-refractivity contribution in [1.29, 1.82) is 0 Å². The van der Waals surface area contributed by atoms with Crippen LogP contribution >= 0.6 is 0 Å². The van der Waals surface area contributed by atoms with Gasteiger partial charge in [0.1, 0.15) is 11.4 Å².